The van der Waals surface area contributed by atoms with E-state index < -0.39 is 12.1 Å². The molecule has 1 N–H and O–H groups in total. The van der Waals surface area contributed by atoms with E-state index in [4.69, 9.17) is 14.2 Å². The largest absolute Gasteiger partial charge is 0.496 e. The molecule has 0 spiro atoms. The summed E-state index contributed by atoms with van der Waals surface area (Å²) in [5.74, 6) is 1.25. The number of esters is 1. The van der Waals surface area contributed by atoms with Crippen molar-refractivity contribution in [2.75, 3.05) is 33.4 Å². The third-order valence-electron chi connectivity index (χ3n) is 8.50. The maximum atomic E-state index is 13.2. The number of aliphatic hydroxyl groups is 1. The number of hydrogen-bond donors (Lipinski definition) is 1. The van der Waals surface area contributed by atoms with Crippen molar-refractivity contribution in [3.8, 4) is 11.5 Å². The number of cyclic esters (lactones) is 1. The Morgan fingerprint density at radius 1 is 1.09 bits per heavy atom. The number of piperidine rings is 1. The van der Waals surface area contributed by atoms with E-state index >= 15 is 0 Å². The Kier molecular flexibility index (Phi) is 11.5. The predicted octanol–water partition coefficient (Wildman–Crippen LogP) is 4.62. The molecule has 3 aliphatic heterocycles. The standard InChI is InChI=1S/C33H42N2O7.ClH/c1-22-8-6-11-26(36)10-5-3-4-9-24-15-28(16-30(40-2)32(24)33(39)42-22)41-21-27(37)20-34-17-23-14-25(19-34)29-12-7-13-31(38)35(29)18-23;/h4,7,9,12-13,15-16,22-23,25,27,37H,3,5-6,8,10-11,14,17-21H2,1-2H3;1H/t22-,23-,25+,27?;/m0./s1. The second kappa shape index (κ2) is 15.0. The number of halogens is 1. The molecule has 43 heavy (non-hydrogen) atoms. The van der Waals surface area contributed by atoms with E-state index in [0.29, 0.717) is 73.7 Å². The zero-order valence-corrected chi connectivity index (χ0v) is 25.9. The van der Waals surface area contributed by atoms with Crippen LogP contribution in [0.15, 0.2) is 41.2 Å². The average Bonchev–Trinajstić information content (AvgIpc) is 2.95. The van der Waals surface area contributed by atoms with E-state index in [9.17, 15) is 19.5 Å². The Morgan fingerprint density at radius 2 is 1.91 bits per heavy atom. The number of β-amino-alcohol motifs (C(OH)–C–C–N with tert-alkyl or cyclic N) is 1. The fourth-order valence-electron chi connectivity index (χ4n) is 6.53. The van der Waals surface area contributed by atoms with E-state index in [-0.39, 0.29) is 42.4 Å². The summed E-state index contributed by atoms with van der Waals surface area (Å²) < 4.78 is 19.2. The third-order valence-corrected chi connectivity index (χ3v) is 8.50. The van der Waals surface area contributed by atoms with Gasteiger partial charge in [-0.25, -0.2) is 4.79 Å². The minimum atomic E-state index is -0.722. The molecule has 1 unspecified atom stereocenters. The van der Waals surface area contributed by atoms with E-state index in [1.807, 2.05) is 35.8 Å². The summed E-state index contributed by atoms with van der Waals surface area (Å²) in [5, 5.41) is 10.9. The molecule has 1 fully saturated rings. The molecule has 1 saturated heterocycles. The lowest BCUT2D eigenvalue weighted by Crippen LogP contribution is -2.49. The Morgan fingerprint density at radius 3 is 2.72 bits per heavy atom. The first kappa shape index (κ1) is 32.8. The molecule has 4 atom stereocenters. The summed E-state index contributed by atoms with van der Waals surface area (Å²) in [6, 6.07) is 8.92. The lowest BCUT2D eigenvalue weighted by Gasteiger charge is -2.43. The number of likely N-dealkylation sites (tertiary alicyclic amines) is 1. The summed E-state index contributed by atoms with van der Waals surface area (Å²) in [6.45, 7) is 4.72. The van der Waals surface area contributed by atoms with E-state index in [0.717, 1.165) is 31.6 Å². The minimum Gasteiger partial charge on any atom is -0.496 e. The van der Waals surface area contributed by atoms with Crippen molar-refractivity contribution < 1.29 is 28.9 Å². The van der Waals surface area contributed by atoms with E-state index in [2.05, 4.69) is 4.90 Å². The number of carbonyl (C=O) groups excluding carboxylic acids is 2. The number of ketones is 1. The molecule has 0 saturated carbocycles. The number of ether oxygens (including phenoxy) is 3. The van der Waals surface area contributed by atoms with Crippen molar-refractivity contribution >= 4 is 30.2 Å². The van der Waals surface area contributed by atoms with Gasteiger partial charge in [0.25, 0.3) is 5.56 Å². The topological polar surface area (TPSA) is 107 Å². The molecule has 4 heterocycles. The molecule has 5 rings (SSSR count). The van der Waals surface area contributed by atoms with Gasteiger partial charge in [-0.3, -0.25) is 14.5 Å². The zero-order valence-electron chi connectivity index (χ0n) is 25.0. The van der Waals surface area contributed by atoms with Crippen LogP contribution in [0, 0.1) is 5.92 Å². The molecule has 9 nitrogen and oxygen atoms in total. The zero-order chi connectivity index (χ0) is 29.6. The number of Topliss-reactive ketones (excluding diaryl/α,β-unsaturated/α-hetero) is 1. The first-order valence-electron chi connectivity index (χ1n) is 15.1. The molecular weight excluding hydrogens is 572 g/mol. The Balaban J connectivity index is 0.00000423. The van der Waals surface area contributed by atoms with Crippen LogP contribution < -0.4 is 15.0 Å². The van der Waals surface area contributed by atoms with Crippen LogP contribution in [0.4, 0.5) is 0 Å². The van der Waals surface area contributed by atoms with Crippen LogP contribution in [0.1, 0.15) is 79.4 Å². The number of benzene rings is 1. The maximum absolute atomic E-state index is 13.2. The van der Waals surface area contributed by atoms with Crippen LogP contribution in [-0.4, -0.2) is 71.9 Å². The monoisotopic (exact) mass is 614 g/mol. The smallest absolute Gasteiger partial charge is 0.342 e. The number of nitrogens with zero attached hydrogens (tertiary/aromatic N) is 2. The number of allylic oxidation sites excluding steroid dienone is 1. The van der Waals surface area contributed by atoms with Crippen molar-refractivity contribution in [2.45, 2.75) is 76.5 Å². The summed E-state index contributed by atoms with van der Waals surface area (Å²) in [7, 11) is 1.51. The average molecular weight is 615 g/mol. The van der Waals surface area contributed by atoms with Crippen LogP contribution in [0.5, 0.6) is 11.5 Å². The Labute approximate surface area is 259 Å². The molecule has 1 aromatic heterocycles. The fourth-order valence-corrected chi connectivity index (χ4v) is 6.53. The second-order valence-corrected chi connectivity index (χ2v) is 11.9. The van der Waals surface area contributed by atoms with Crippen molar-refractivity contribution in [3.63, 3.8) is 0 Å². The summed E-state index contributed by atoms with van der Waals surface area (Å²) >= 11 is 0. The maximum Gasteiger partial charge on any atom is 0.342 e. The number of methoxy groups -OCH3 is 1. The molecule has 3 aliphatic rings. The first-order chi connectivity index (χ1) is 20.3. The number of fused-ring (bicyclic) bond motifs is 5. The van der Waals surface area contributed by atoms with Gasteiger partial charge in [-0.15, -0.1) is 12.4 Å². The molecule has 0 aliphatic carbocycles. The minimum absolute atomic E-state index is 0. The SMILES string of the molecule is COc1cc(OCC(O)CN2C[C@@H]3C[C@H](C2)c2cccc(=O)n2C3)cc2c1C(=O)O[C@@H](C)CCCC(=O)CCCC=C2.Cl. The summed E-state index contributed by atoms with van der Waals surface area (Å²) in [4.78, 5) is 39.9. The second-order valence-electron chi connectivity index (χ2n) is 11.9. The lowest BCUT2D eigenvalue weighted by atomic mass is 9.83. The predicted molar refractivity (Wildman–Crippen MR) is 166 cm³/mol. The number of carbonyl (C=O) groups is 2. The molecule has 2 bridgehead atoms. The van der Waals surface area contributed by atoms with Crippen molar-refractivity contribution in [1.82, 2.24) is 9.47 Å². The van der Waals surface area contributed by atoms with Crippen molar-refractivity contribution in [3.05, 3.63) is 63.6 Å². The fraction of sp³-hybridized carbons (Fsp3) is 0.545. The van der Waals surface area contributed by atoms with Gasteiger partial charge < -0.3 is 23.9 Å². The van der Waals surface area contributed by atoms with Gasteiger partial charge in [-0.1, -0.05) is 18.2 Å². The first-order valence-corrected chi connectivity index (χ1v) is 15.1. The number of rotatable bonds is 6. The van der Waals surface area contributed by atoms with Crippen molar-refractivity contribution in [2.24, 2.45) is 5.92 Å². The van der Waals surface area contributed by atoms with Gasteiger partial charge in [-0.05, 0) is 62.6 Å². The van der Waals surface area contributed by atoms with Crippen molar-refractivity contribution in [1.29, 1.82) is 0 Å². The highest BCUT2D eigenvalue weighted by Gasteiger charge is 2.35. The van der Waals surface area contributed by atoms with Gasteiger partial charge in [0, 0.05) is 62.8 Å². The van der Waals surface area contributed by atoms with Gasteiger partial charge in [-0.2, -0.15) is 0 Å². The highest BCUT2D eigenvalue weighted by atomic mass is 35.5. The van der Waals surface area contributed by atoms with Crippen LogP contribution >= 0.6 is 12.4 Å². The van der Waals surface area contributed by atoms with Crippen LogP contribution in [0.25, 0.3) is 6.08 Å². The molecule has 1 aromatic carbocycles. The van der Waals surface area contributed by atoms with Gasteiger partial charge in [0.05, 0.1) is 13.2 Å². The molecule has 10 heteroatoms. The number of aromatic nitrogens is 1. The van der Waals surface area contributed by atoms with E-state index in [1.165, 1.54) is 7.11 Å². The molecule has 0 radical (unpaired) electrons. The van der Waals surface area contributed by atoms with Crippen LogP contribution in [-0.2, 0) is 16.1 Å². The Bertz CT molecular complexity index is 1370. The molecule has 2 aromatic rings. The highest BCUT2D eigenvalue weighted by molar-refractivity contribution is 5.97. The number of aliphatic hydroxyl groups excluding tert-OH is 1. The number of pyridine rings is 1. The van der Waals surface area contributed by atoms with Gasteiger partial charge in [0.15, 0.2) is 0 Å². The van der Waals surface area contributed by atoms with Gasteiger partial charge >= 0.3 is 5.97 Å². The quantitative estimate of drug-likeness (QED) is 0.470. The van der Waals surface area contributed by atoms with Gasteiger partial charge in [0.2, 0.25) is 0 Å². The molecule has 234 valence electrons. The lowest BCUT2D eigenvalue weighted by molar-refractivity contribution is -0.119. The number of hydrogen-bond acceptors (Lipinski definition) is 8. The van der Waals surface area contributed by atoms with E-state index in [1.54, 1.807) is 18.2 Å². The Hall–Kier alpha value is -3.14. The van der Waals surface area contributed by atoms with Gasteiger partial charge in [0.1, 0.15) is 35.6 Å². The summed E-state index contributed by atoms with van der Waals surface area (Å²) in [5.41, 5.74) is 2.09. The normalized spacial score (nSPS) is 23.6. The third kappa shape index (κ3) is 8.28. The molecular formula is C33H43ClN2O7. The summed E-state index contributed by atoms with van der Waals surface area (Å²) in [6.07, 6.45) is 7.63. The van der Waals surface area contributed by atoms with Crippen LogP contribution in [0.2, 0.25) is 0 Å². The molecule has 0 amide bonds. The highest BCUT2D eigenvalue weighted by Crippen LogP contribution is 2.35. The van der Waals surface area contributed by atoms with Crippen LogP contribution in [0.3, 0.4) is 0 Å².